The highest BCUT2D eigenvalue weighted by atomic mass is 16.5. The summed E-state index contributed by atoms with van der Waals surface area (Å²) in [6.07, 6.45) is 0. The van der Waals surface area contributed by atoms with Crippen LogP contribution in [0.15, 0.2) is 54.6 Å². The highest BCUT2D eigenvalue weighted by Gasteiger charge is 2.17. The summed E-state index contributed by atoms with van der Waals surface area (Å²) in [5.74, 6) is -0.841. The Kier molecular flexibility index (Phi) is 5.48. The van der Waals surface area contributed by atoms with Crippen LogP contribution in [0.2, 0.25) is 0 Å². The molecule has 0 spiro atoms. The Morgan fingerprint density at radius 2 is 1.78 bits per heavy atom. The average Bonchev–Trinajstić information content (AvgIpc) is 2.60. The van der Waals surface area contributed by atoms with Crippen molar-refractivity contribution in [1.29, 1.82) is 5.26 Å². The van der Waals surface area contributed by atoms with E-state index in [0.29, 0.717) is 11.1 Å². The topological polar surface area (TPSA) is 79.2 Å². The van der Waals surface area contributed by atoms with Gasteiger partial charge in [-0.15, -0.1) is 0 Å². The zero-order valence-corrected chi connectivity index (χ0v) is 12.7. The van der Waals surface area contributed by atoms with Gasteiger partial charge in [0.15, 0.2) is 0 Å². The predicted molar refractivity (Wildman–Crippen MR) is 84.3 cm³/mol. The molecule has 1 amide bonds. The maximum Gasteiger partial charge on any atom is 0.328 e. The molecule has 0 aromatic heterocycles. The number of rotatable bonds is 5. The second-order valence-corrected chi connectivity index (χ2v) is 4.98. The molecule has 0 bridgehead atoms. The van der Waals surface area contributed by atoms with Gasteiger partial charge in [-0.25, -0.2) is 4.79 Å². The first-order valence-corrected chi connectivity index (χ1v) is 7.11. The zero-order valence-electron chi connectivity index (χ0n) is 12.7. The lowest BCUT2D eigenvalue weighted by molar-refractivity contribution is -0.146. The van der Waals surface area contributed by atoms with E-state index >= 15 is 0 Å². The number of carbonyl (C=O) groups is 2. The van der Waals surface area contributed by atoms with E-state index in [0.717, 1.165) is 5.56 Å². The number of amides is 1. The fourth-order valence-corrected chi connectivity index (χ4v) is 1.88. The quantitative estimate of drug-likeness (QED) is 0.860. The summed E-state index contributed by atoms with van der Waals surface area (Å²) in [6, 6.07) is 16.7. The molecule has 0 fully saturated rings. The minimum absolute atomic E-state index is 0.0933. The van der Waals surface area contributed by atoms with Crippen LogP contribution in [-0.2, 0) is 16.1 Å². The first-order chi connectivity index (χ1) is 11.1. The van der Waals surface area contributed by atoms with Gasteiger partial charge in [-0.1, -0.05) is 30.3 Å². The van der Waals surface area contributed by atoms with Crippen LogP contribution in [0.4, 0.5) is 0 Å². The molecule has 1 unspecified atom stereocenters. The van der Waals surface area contributed by atoms with Crippen molar-refractivity contribution in [3.8, 4) is 6.07 Å². The summed E-state index contributed by atoms with van der Waals surface area (Å²) in [7, 11) is 0. The van der Waals surface area contributed by atoms with Crippen molar-refractivity contribution in [2.75, 3.05) is 0 Å². The molecule has 116 valence electrons. The van der Waals surface area contributed by atoms with Crippen LogP contribution in [0.5, 0.6) is 0 Å². The number of nitrogens with one attached hydrogen (secondary N) is 1. The maximum atomic E-state index is 12.0. The number of nitrogens with zero attached hydrogens (tertiary/aromatic N) is 1. The Morgan fingerprint density at radius 1 is 1.13 bits per heavy atom. The van der Waals surface area contributed by atoms with Crippen molar-refractivity contribution in [3.63, 3.8) is 0 Å². The SMILES string of the molecule is CC(NC(=O)c1ccccc1)C(=O)OCc1ccc(C#N)cc1. The third-order valence-electron chi connectivity index (χ3n) is 3.20. The van der Waals surface area contributed by atoms with Gasteiger partial charge in [0.25, 0.3) is 5.91 Å². The number of carbonyl (C=O) groups excluding carboxylic acids is 2. The molecule has 0 radical (unpaired) electrons. The average molecular weight is 308 g/mol. The van der Waals surface area contributed by atoms with Crippen molar-refractivity contribution in [2.45, 2.75) is 19.6 Å². The normalized spacial score (nSPS) is 11.1. The Hall–Kier alpha value is -3.13. The van der Waals surface area contributed by atoms with Crippen molar-refractivity contribution in [2.24, 2.45) is 0 Å². The van der Waals surface area contributed by atoms with Crippen LogP contribution in [-0.4, -0.2) is 17.9 Å². The highest BCUT2D eigenvalue weighted by Crippen LogP contribution is 2.06. The van der Waals surface area contributed by atoms with Crippen molar-refractivity contribution >= 4 is 11.9 Å². The predicted octanol–water partition coefficient (Wildman–Crippen LogP) is 2.42. The number of nitriles is 1. The Morgan fingerprint density at radius 3 is 2.39 bits per heavy atom. The van der Waals surface area contributed by atoms with E-state index in [9.17, 15) is 9.59 Å². The fourth-order valence-electron chi connectivity index (χ4n) is 1.88. The van der Waals surface area contributed by atoms with Crippen LogP contribution < -0.4 is 5.32 Å². The van der Waals surface area contributed by atoms with E-state index in [2.05, 4.69) is 5.32 Å². The van der Waals surface area contributed by atoms with E-state index in [-0.39, 0.29) is 12.5 Å². The van der Waals surface area contributed by atoms with Gasteiger partial charge in [0.05, 0.1) is 11.6 Å². The van der Waals surface area contributed by atoms with Crippen molar-refractivity contribution in [1.82, 2.24) is 5.32 Å². The van der Waals surface area contributed by atoms with E-state index in [1.807, 2.05) is 12.1 Å². The van der Waals surface area contributed by atoms with Crippen LogP contribution in [0.3, 0.4) is 0 Å². The molecule has 2 aromatic carbocycles. The largest absolute Gasteiger partial charge is 0.459 e. The minimum Gasteiger partial charge on any atom is -0.459 e. The maximum absolute atomic E-state index is 12.0. The van der Waals surface area contributed by atoms with Crippen LogP contribution in [0, 0.1) is 11.3 Å². The van der Waals surface area contributed by atoms with Gasteiger partial charge >= 0.3 is 5.97 Å². The summed E-state index contributed by atoms with van der Waals surface area (Å²) in [4.78, 5) is 23.9. The Labute approximate surface area is 134 Å². The second-order valence-electron chi connectivity index (χ2n) is 4.98. The molecule has 0 aliphatic rings. The number of hydrogen-bond donors (Lipinski definition) is 1. The molecule has 0 aliphatic carbocycles. The standard InChI is InChI=1S/C18H16N2O3/c1-13(20-17(21)16-5-3-2-4-6-16)18(22)23-12-15-9-7-14(11-19)8-10-15/h2-10,13H,12H2,1H3,(H,20,21). The molecule has 0 aliphatic heterocycles. The summed E-state index contributed by atoms with van der Waals surface area (Å²) in [5.41, 5.74) is 1.81. The van der Waals surface area contributed by atoms with Gasteiger partial charge in [-0.05, 0) is 36.8 Å². The van der Waals surface area contributed by atoms with Gasteiger partial charge in [0.2, 0.25) is 0 Å². The van der Waals surface area contributed by atoms with E-state index in [4.69, 9.17) is 10.00 Å². The molecule has 2 aromatic rings. The lowest BCUT2D eigenvalue weighted by Crippen LogP contribution is -2.39. The van der Waals surface area contributed by atoms with E-state index < -0.39 is 12.0 Å². The zero-order chi connectivity index (χ0) is 16.7. The van der Waals surface area contributed by atoms with Gasteiger partial charge in [0.1, 0.15) is 12.6 Å². The lowest BCUT2D eigenvalue weighted by Gasteiger charge is -2.13. The second kappa shape index (κ2) is 7.76. The number of hydrogen-bond acceptors (Lipinski definition) is 4. The molecule has 5 heteroatoms. The van der Waals surface area contributed by atoms with Crippen LogP contribution >= 0.6 is 0 Å². The third-order valence-corrected chi connectivity index (χ3v) is 3.20. The molecular weight excluding hydrogens is 292 g/mol. The van der Waals surface area contributed by atoms with Crippen LogP contribution in [0.1, 0.15) is 28.4 Å². The first-order valence-electron chi connectivity index (χ1n) is 7.11. The van der Waals surface area contributed by atoms with Crippen molar-refractivity contribution in [3.05, 3.63) is 71.3 Å². The molecule has 5 nitrogen and oxygen atoms in total. The summed E-state index contributed by atoms with van der Waals surface area (Å²) in [6.45, 7) is 1.66. The smallest absolute Gasteiger partial charge is 0.328 e. The van der Waals surface area contributed by atoms with E-state index in [1.165, 1.54) is 0 Å². The highest BCUT2D eigenvalue weighted by molar-refractivity contribution is 5.96. The van der Waals surface area contributed by atoms with Gasteiger partial charge in [0, 0.05) is 5.56 Å². The van der Waals surface area contributed by atoms with Gasteiger partial charge < -0.3 is 10.1 Å². The molecule has 1 atom stereocenters. The van der Waals surface area contributed by atoms with Crippen LogP contribution in [0.25, 0.3) is 0 Å². The first kappa shape index (κ1) is 16.2. The lowest BCUT2D eigenvalue weighted by atomic mass is 10.1. The monoisotopic (exact) mass is 308 g/mol. The molecule has 0 heterocycles. The molecule has 23 heavy (non-hydrogen) atoms. The summed E-state index contributed by atoms with van der Waals surface area (Å²) < 4.78 is 5.16. The molecule has 0 saturated heterocycles. The third kappa shape index (κ3) is 4.68. The number of ether oxygens (including phenoxy) is 1. The van der Waals surface area contributed by atoms with Crippen molar-refractivity contribution < 1.29 is 14.3 Å². The van der Waals surface area contributed by atoms with E-state index in [1.54, 1.807) is 55.5 Å². The Balaban J connectivity index is 1.85. The Bertz CT molecular complexity index is 718. The molecule has 1 N–H and O–H groups in total. The molecule has 0 saturated carbocycles. The molecule has 2 rings (SSSR count). The summed E-state index contributed by atoms with van der Waals surface area (Å²) in [5, 5.41) is 11.3. The number of benzene rings is 2. The fraction of sp³-hybridized carbons (Fsp3) is 0.167. The number of esters is 1. The van der Waals surface area contributed by atoms with Gasteiger partial charge in [-0.2, -0.15) is 5.26 Å². The molecular formula is C18H16N2O3. The summed E-state index contributed by atoms with van der Waals surface area (Å²) >= 11 is 0. The minimum atomic E-state index is -0.749. The van der Waals surface area contributed by atoms with Gasteiger partial charge in [-0.3, -0.25) is 4.79 Å².